The molecule has 74 valence electrons. The highest BCUT2D eigenvalue weighted by atomic mass is 15.1. The molecule has 1 aliphatic rings. The number of hydrogen-bond donors (Lipinski definition) is 1. The van der Waals surface area contributed by atoms with Gasteiger partial charge in [0.1, 0.15) is 0 Å². The van der Waals surface area contributed by atoms with Crippen molar-refractivity contribution in [3.05, 3.63) is 35.4 Å². The summed E-state index contributed by atoms with van der Waals surface area (Å²) in [7, 11) is 4.20. The van der Waals surface area contributed by atoms with Crippen molar-refractivity contribution in [2.24, 2.45) is 0 Å². The smallest absolute Gasteiger partial charge is 0.0416 e. The molecule has 0 fully saturated rings. The number of hydrogen-bond acceptors (Lipinski definition) is 2. The van der Waals surface area contributed by atoms with Gasteiger partial charge in [-0.05, 0) is 31.3 Å². The topological polar surface area (TPSA) is 15.3 Å². The molecule has 1 heterocycles. The van der Waals surface area contributed by atoms with E-state index in [1.807, 2.05) is 0 Å². The van der Waals surface area contributed by atoms with Crippen LogP contribution in [0.4, 0.5) is 5.69 Å². The van der Waals surface area contributed by atoms with Crippen molar-refractivity contribution in [3.8, 4) is 0 Å². The van der Waals surface area contributed by atoms with Crippen molar-refractivity contribution in [3.63, 3.8) is 0 Å². The summed E-state index contributed by atoms with van der Waals surface area (Å²) in [5.41, 5.74) is 3.99. The lowest BCUT2D eigenvalue weighted by molar-refractivity contribution is 0.444. The Morgan fingerprint density at radius 2 is 2.07 bits per heavy atom. The van der Waals surface area contributed by atoms with E-state index in [2.05, 4.69) is 54.7 Å². The van der Waals surface area contributed by atoms with Crippen LogP contribution in [-0.2, 0) is 0 Å². The van der Waals surface area contributed by atoms with Crippen LogP contribution in [0.3, 0.4) is 0 Å². The van der Waals surface area contributed by atoms with E-state index >= 15 is 0 Å². The number of nitrogens with one attached hydrogen (secondary N) is 1. The van der Waals surface area contributed by atoms with E-state index < -0.39 is 0 Å². The summed E-state index contributed by atoms with van der Waals surface area (Å²) in [5, 5.41) is 3.42. The Hall–Kier alpha value is -1.28. The monoisotopic (exact) mass is 188 g/mol. The van der Waals surface area contributed by atoms with Crippen LogP contribution in [0.25, 0.3) is 6.08 Å². The Morgan fingerprint density at radius 1 is 1.29 bits per heavy atom. The highest BCUT2D eigenvalue weighted by Crippen LogP contribution is 2.22. The maximum absolute atomic E-state index is 3.42. The summed E-state index contributed by atoms with van der Waals surface area (Å²) in [4.78, 5) is 2.20. The Bertz CT molecular complexity index is 353. The van der Waals surface area contributed by atoms with Crippen LogP contribution in [0, 0.1) is 0 Å². The first-order valence-corrected chi connectivity index (χ1v) is 4.93. The van der Waals surface area contributed by atoms with Crippen molar-refractivity contribution in [2.75, 3.05) is 32.5 Å². The van der Waals surface area contributed by atoms with Crippen molar-refractivity contribution in [1.82, 2.24) is 4.90 Å². The molecule has 0 aliphatic carbocycles. The molecule has 0 spiro atoms. The molecule has 0 amide bonds. The minimum atomic E-state index is 0.967. The molecule has 0 unspecified atom stereocenters. The van der Waals surface area contributed by atoms with Crippen LogP contribution in [-0.4, -0.2) is 32.1 Å². The number of para-hydroxylation sites is 1. The third kappa shape index (κ3) is 1.96. The number of likely N-dealkylation sites (N-methyl/N-ethyl adjacent to an activating group) is 1. The van der Waals surface area contributed by atoms with Crippen LogP contribution in [0.1, 0.15) is 5.56 Å². The molecule has 1 aromatic rings. The number of fused-ring (bicyclic) bond motifs is 1. The summed E-state index contributed by atoms with van der Waals surface area (Å²) >= 11 is 0. The molecule has 0 saturated heterocycles. The van der Waals surface area contributed by atoms with Crippen LogP contribution in [0.5, 0.6) is 0 Å². The van der Waals surface area contributed by atoms with E-state index in [4.69, 9.17) is 0 Å². The Kier molecular flexibility index (Phi) is 2.55. The molecule has 0 aromatic heterocycles. The van der Waals surface area contributed by atoms with Gasteiger partial charge in [-0.25, -0.2) is 0 Å². The van der Waals surface area contributed by atoms with E-state index in [0.29, 0.717) is 0 Å². The molecule has 2 rings (SSSR count). The zero-order valence-electron chi connectivity index (χ0n) is 8.75. The second-order valence-electron chi connectivity index (χ2n) is 3.98. The van der Waals surface area contributed by atoms with E-state index in [1.165, 1.54) is 16.8 Å². The van der Waals surface area contributed by atoms with Crippen LogP contribution >= 0.6 is 0 Å². The number of rotatable bonds is 2. The zero-order chi connectivity index (χ0) is 9.97. The maximum atomic E-state index is 3.42. The normalized spacial score (nSPS) is 14.6. The molecule has 14 heavy (non-hydrogen) atoms. The maximum Gasteiger partial charge on any atom is 0.0416 e. The molecule has 1 aromatic carbocycles. The first-order chi connectivity index (χ1) is 6.75. The second kappa shape index (κ2) is 3.84. The molecule has 2 heteroatoms. The van der Waals surface area contributed by atoms with Gasteiger partial charge in [-0.15, -0.1) is 0 Å². The molecule has 0 atom stereocenters. The van der Waals surface area contributed by atoms with Gasteiger partial charge in [0.2, 0.25) is 0 Å². The summed E-state index contributed by atoms with van der Waals surface area (Å²) in [6.07, 6.45) is 2.28. The Labute approximate surface area is 85.2 Å². The standard InChI is InChI=1S/C12H16N2/c1-14(2)9-10-7-11-5-3-4-6-12(11)13-8-10/h3-7,13H,8-9H2,1-2H3. The first-order valence-electron chi connectivity index (χ1n) is 4.93. The minimum Gasteiger partial charge on any atom is -0.381 e. The third-order valence-electron chi connectivity index (χ3n) is 2.35. The summed E-state index contributed by atoms with van der Waals surface area (Å²) in [6.45, 7) is 2.00. The average Bonchev–Trinajstić information content (AvgIpc) is 2.17. The predicted octanol–water partition coefficient (Wildman–Crippen LogP) is 2.06. The highest BCUT2D eigenvalue weighted by molar-refractivity contribution is 5.72. The van der Waals surface area contributed by atoms with Gasteiger partial charge < -0.3 is 10.2 Å². The summed E-state index contributed by atoms with van der Waals surface area (Å²) in [6, 6.07) is 8.42. The number of nitrogens with zero attached hydrogens (tertiary/aromatic N) is 1. The molecule has 0 bridgehead atoms. The average molecular weight is 188 g/mol. The van der Waals surface area contributed by atoms with Gasteiger partial charge in [0, 0.05) is 18.8 Å². The van der Waals surface area contributed by atoms with Crippen LogP contribution < -0.4 is 5.32 Å². The van der Waals surface area contributed by atoms with E-state index in [-0.39, 0.29) is 0 Å². The molecule has 2 nitrogen and oxygen atoms in total. The predicted molar refractivity (Wildman–Crippen MR) is 61.5 cm³/mol. The number of benzene rings is 1. The van der Waals surface area contributed by atoms with Gasteiger partial charge in [0.25, 0.3) is 0 Å². The summed E-state index contributed by atoms with van der Waals surface area (Å²) in [5.74, 6) is 0. The lowest BCUT2D eigenvalue weighted by atomic mass is 10.0. The fraction of sp³-hybridized carbons (Fsp3) is 0.333. The zero-order valence-corrected chi connectivity index (χ0v) is 8.75. The van der Waals surface area contributed by atoms with Crippen molar-refractivity contribution < 1.29 is 0 Å². The number of anilines is 1. The van der Waals surface area contributed by atoms with E-state index in [0.717, 1.165) is 13.1 Å². The first kappa shape index (κ1) is 9.28. The molecule has 0 saturated carbocycles. The van der Waals surface area contributed by atoms with Gasteiger partial charge in [-0.1, -0.05) is 24.3 Å². The van der Waals surface area contributed by atoms with Gasteiger partial charge in [0.05, 0.1) is 0 Å². The molecule has 1 N–H and O–H groups in total. The van der Waals surface area contributed by atoms with E-state index in [9.17, 15) is 0 Å². The fourth-order valence-corrected chi connectivity index (χ4v) is 1.77. The molecule has 1 aliphatic heterocycles. The van der Waals surface area contributed by atoms with Crippen molar-refractivity contribution in [1.29, 1.82) is 0 Å². The van der Waals surface area contributed by atoms with Gasteiger partial charge in [0.15, 0.2) is 0 Å². The fourth-order valence-electron chi connectivity index (χ4n) is 1.77. The van der Waals surface area contributed by atoms with Crippen LogP contribution in [0.15, 0.2) is 29.8 Å². The molecular formula is C12H16N2. The minimum absolute atomic E-state index is 0.967. The Balaban J connectivity index is 2.22. The largest absolute Gasteiger partial charge is 0.381 e. The SMILES string of the molecule is CN(C)CC1=Cc2ccccc2NC1. The van der Waals surface area contributed by atoms with Crippen molar-refractivity contribution in [2.45, 2.75) is 0 Å². The van der Waals surface area contributed by atoms with Gasteiger partial charge in [-0.2, -0.15) is 0 Å². The molecule has 0 radical (unpaired) electrons. The second-order valence-corrected chi connectivity index (χ2v) is 3.98. The van der Waals surface area contributed by atoms with Crippen LogP contribution in [0.2, 0.25) is 0 Å². The van der Waals surface area contributed by atoms with Gasteiger partial charge in [-0.3, -0.25) is 0 Å². The lowest BCUT2D eigenvalue weighted by Gasteiger charge is -2.20. The van der Waals surface area contributed by atoms with Crippen molar-refractivity contribution >= 4 is 11.8 Å². The summed E-state index contributed by atoms with van der Waals surface area (Å²) < 4.78 is 0. The molecular weight excluding hydrogens is 172 g/mol. The van der Waals surface area contributed by atoms with Gasteiger partial charge >= 0.3 is 0 Å². The van der Waals surface area contributed by atoms with E-state index in [1.54, 1.807) is 0 Å². The third-order valence-corrected chi connectivity index (χ3v) is 2.35. The lowest BCUT2D eigenvalue weighted by Crippen LogP contribution is -2.21. The highest BCUT2D eigenvalue weighted by Gasteiger charge is 2.08. The quantitative estimate of drug-likeness (QED) is 0.764. The Morgan fingerprint density at radius 3 is 2.86 bits per heavy atom.